The molecule has 0 bridgehead atoms. The molecule has 1 aromatic heterocycles. The first-order valence-electron chi connectivity index (χ1n) is 5.15. The lowest BCUT2D eigenvalue weighted by molar-refractivity contribution is 0.211. The fourth-order valence-electron chi connectivity index (χ4n) is 1.77. The summed E-state index contributed by atoms with van der Waals surface area (Å²) in [6, 6.07) is 9.42. The number of benzene rings is 1. The number of hydrogen-bond donors (Lipinski definition) is 1. The van der Waals surface area contributed by atoms with Crippen LogP contribution in [-0.2, 0) is 7.05 Å². The molecule has 0 unspecified atom stereocenters. The van der Waals surface area contributed by atoms with Crippen LogP contribution >= 0.6 is 11.6 Å². The average molecular weight is 236 g/mol. The molecule has 0 radical (unpaired) electrons. The monoisotopic (exact) mass is 235 g/mol. The number of aromatic nitrogens is 1. The van der Waals surface area contributed by atoms with Crippen molar-refractivity contribution in [3.05, 3.63) is 58.4 Å². The molecule has 0 spiro atoms. The van der Waals surface area contributed by atoms with Crippen LogP contribution in [0.15, 0.2) is 36.5 Å². The number of hydrogen-bond acceptors (Lipinski definition) is 1. The van der Waals surface area contributed by atoms with E-state index in [2.05, 4.69) is 0 Å². The number of nitrogens with zero attached hydrogens (tertiary/aromatic N) is 1. The van der Waals surface area contributed by atoms with E-state index in [1.54, 1.807) is 0 Å². The van der Waals surface area contributed by atoms with Gasteiger partial charge in [0.25, 0.3) is 0 Å². The van der Waals surface area contributed by atoms with E-state index in [-0.39, 0.29) is 0 Å². The van der Waals surface area contributed by atoms with Crippen molar-refractivity contribution in [2.75, 3.05) is 0 Å². The highest BCUT2D eigenvalue weighted by Gasteiger charge is 2.13. The fourth-order valence-corrected chi connectivity index (χ4v) is 1.88. The van der Waals surface area contributed by atoms with Crippen molar-refractivity contribution in [3.63, 3.8) is 0 Å². The maximum atomic E-state index is 10.2. The lowest BCUT2D eigenvalue weighted by atomic mass is 10.0. The van der Waals surface area contributed by atoms with Gasteiger partial charge in [0, 0.05) is 18.3 Å². The second-order valence-corrected chi connectivity index (χ2v) is 4.36. The Morgan fingerprint density at radius 1 is 1.31 bits per heavy atom. The first-order chi connectivity index (χ1) is 7.59. The van der Waals surface area contributed by atoms with E-state index >= 15 is 0 Å². The van der Waals surface area contributed by atoms with E-state index in [1.807, 2.05) is 55.1 Å². The Kier molecular flexibility index (Phi) is 3.03. The third-order valence-corrected chi connectivity index (χ3v) is 3.19. The molecule has 2 aromatic rings. The van der Waals surface area contributed by atoms with Crippen molar-refractivity contribution < 1.29 is 5.11 Å². The van der Waals surface area contributed by atoms with E-state index in [0.29, 0.717) is 0 Å². The van der Waals surface area contributed by atoms with Crippen molar-refractivity contribution in [2.24, 2.45) is 7.05 Å². The molecular formula is C13H14ClNO. The first kappa shape index (κ1) is 11.2. The standard InChI is InChI=1S/C13H14ClNO/c1-9-8-10(5-6-11(9)14)13(16)12-4-3-7-15(12)2/h3-8,13,16H,1-2H3/t13-/m0/s1. The number of aliphatic hydroxyl groups is 1. The fraction of sp³-hybridized carbons (Fsp3) is 0.231. The molecule has 2 rings (SSSR count). The average Bonchev–Trinajstić information content (AvgIpc) is 2.67. The van der Waals surface area contributed by atoms with Gasteiger partial charge in [-0.15, -0.1) is 0 Å². The lowest BCUT2D eigenvalue weighted by Crippen LogP contribution is -2.05. The Bertz CT molecular complexity index is 504. The van der Waals surface area contributed by atoms with Crippen LogP contribution in [0.2, 0.25) is 5.02 Å². The Labute approximate surface area is 100 Å². The molecule has 0 fully saturated rings. The molecule has 0 amide bonds. The normalized spacial score (nSPS) is 12.8. The second-order valence-electron chi connectivity index (χ2n) is 3.96. The van der Waals surface area contributed by atoms with Crippen LogP contribution in [0.25, 0.3) is 0 Å². The molecule has 0 saturated heterocycles. The topological polar surface area (TPSA) is 25.2 Å². The van der Waals surface area contributed by atoms with E-state index < -0.39 is 6.10 Å². The van der Waals surface area contributed by atoms with Crippen LogP contribution in [0.1, 0.15) is 22.9 Å². The van der Waals surface area contributed by atoms with Gasteiger partial charge in [0.05, 0.1) is 5.69 Å². The molecule has 0 aliphatic rings. The maximum absolute atomic E-state index is 10.2. The third-order valence-electron chi connectivity index (χ3n) is 2.76. The molecule has 3 heteroatoms. The molecular weight excluding hydrogens is 222 g/mol. The highest BCUT2D eigenvalue weighted by molar-refractivity contribution is 6.31. The van der Waals surface area contributed by atoms with Gasteiger partial charge in [-0.05, 0) is 36.2 Å². The van der Waals surface area contributed by atoms with Crippen molar-refractivity contribution in [1.82, 2.24) is 4.57 Å². The summed E-state index contributed by atoms with van der Waals surface area (Å²) >= 11 is 5.95. The van der Waals surface area contributed by atoms with Gasteiger partial charge in [-0.1, -0.05) is 23.7 Å². The molecule has 0 aliphatic carbocycles. The lowest BCUT2D eigenvalue weighted by Gasteiger charge is -2.13. The number of aryl methyl sites for hydroxylation is 2. The van der Waals surface area contributed by atoms with Crippen molar-refractivity contribution in [2.45, 2.75) is 13.0 Å². The van der Waals surface area contributed by atoms with Gasteiger partial charge < -0.3 is 9.67 Å². The van der Waals surface area contributed by atoms with E-state index in [4.69, 9.17) is 11.6 Å². The van der Waals surface area contributed by atoms with Crippen LogP contribution in [-0.4, -0.2) is 9.67 Å². The summed E-state index contributed by atoms with van der Waals surface area (Å²) in [5, 5.41) is 10.9. The smallest absolute Gasteiger partial charge is 0.119 e. The van der Waals surface area contributed by atoms with Crippen LogP contribution in [0.5, 0.6) is 0 Å². The van der Waals surface area contributed by atoms with Gasteiger partial charge in [0.1, 0.15) is 6.10 Å². The van der Waals surface area contributed by atoms with E-state index in [0.717, 1.165) is 21.8 Å². The predicted molar refractivity (Wildman–Crippen MR) is 65.7 cm³/mol. The number of rotatable bonds is 2. The summed E-state index contributed by atoms with van der Waals surface area (Å²) in [6.07, 6.45) is 1.32. The Morgan fingerprint density at radius 3 is 2.62 bits per heavy atom. The Morgan fingerprint density at radius 2 is 2.06 bits per heavy atom. The van der Waals surface area contributed by atoms with Crippen LogP contribution in [0, 0.1) is 6.92 Å². The minimum Gasteiger partial charge on any atom is -0.382 e. The Hall–Kier alpha value is -1.25. The van der Waals surface area contributed by atoms with Crippen LogP contribution < -0.4 is 0 Å². The SMILES string of the molecule is Cc1cc([C@H](O)c2cccn2C)ccc1Cl. The summed E-state index contributed by atoms with van der Waals surface area (Å²) in [7, 11) is 1.92. The van der Waals surface area contributed by atoms with Crippen molar-refractivity contribution in [3.8, 4) is 0 Å². The van der Waals surface area contributed by atoms with Gasteiger partial charge >= 0.3 is 0 Å². The molecule has 16 heavy (non-hydrogen) atoms. The third kappa shape index (κ3) is 1.99. The Balaban J connectivity index is 2.38. The zero-order valence-electron chi connectivity index (χ0n) is 9.31. The molecule has 1 atom stereocenters. The molecule has 0 aliphatic heterocycles. The largest absolute Gasteiger partial charge is 0.382 e. The van der Waals surface area contributed by atoms with E-state index in [1.165, 1.54) is 0 Å². The number of halogens is 1. The summed E-state index contributed by atoms with van der Waals surface area (Å²) in [5.41, 5.74) is 2.72. The summed E-state index contributed by atoms with van der Waals surface area (Å²) in [6.45, 7) is 1.93. The zero-order valence-corrected chi connectivity index (χ0v) is 10.1. The highest BCUT2D eigenvalue weighted by Crippen LogP contribution is 2.25. The number of aliphatic hydroxyl groups excluding tert-OH is 1. The minimum atomic E-state index is -0.601. The van der Waals surface area contributed by atoms with Crippen LogP contribution in [0.3, 0.4) is 0 Å². The van der Waals surface area contributed by atoms with Crippen LogP contribution in [0.4, 0.5) is 0 Å². The molecule has 2 nitrogen and oxygen atoms in total. The van der Waals surface area contributed by atoms with Gasteiger partial charge in [-0.2, -0.15) is 0 Å². The second kappa shape index (κ2) is 4.32. The molecule has 0 saturated carbocycles. The van der Waals surface area contributed by atoms with E-state index in [9.17, 15) is 5.11 Å². The summed E-state index contributed by atoms with van der Waals surface area (Å²) in [4.78, 5) is 0. The summed E-state index contributed by atoms with van der Waals surface area (Å²) in [5.74, 6) is 0. The van der Waals surface area contributed by atoms with Gasteiger partial charge in [0.2, 0.25) is 0 Å². The maximum Gasteiger partial charge on any atom is 0.119 e. The van der Waals surface area contributed by atoms with Crippen molar-refractivity contribution in [1.29, 1.82) is 0 Å². The van der Waals surface area contributed by atoms with Crippen molar-refractivity contribution >= 4 is 11.6 Å². The predicted octanol–water partition coefficient (Wildman–Crippen LogP) is 3.07. The molecule has 84 valence electrons. The van der Waals surface area contributed by atoms with Gasteiger partial charge in [0.15, 0.2) is 0 Å². The zero-order chi connectivity index (χ0) is 11.7. The quantitative estimate of drug-likeness (QED) is 0.850. The molecule has 1 N–H and O–H groups in total. The first-order valence-corrected chi connectivity index (χ1v) is 5.52. The van der Waals surface area contributed by atoms with Gasteiger partial charge in [-0.25, -0.2) is 0 Å². The highest BCUT2D eigenvalue weighted by atomic mass is 35.5. The van der Waals surface area contributed by atoms with Gasteiger partial charge in [-0.3, -0.25) is 0 Å². The minimum absolute atomic E-state index is 0.601. The molecule has 1 heterocycles. The summed E-state index contributed by atoms with van der Waals surface area (Å²) < 4.78 is 1.91. The molecule has 1 aromatic carbocycles.